The van der Waals surface area contributed by atoms with Crippen molar-refractivity contribution in [3.63, 3.8) is 0 Å². The van der Waals surface area contributed by atoms with Gasteiger partial charge in [-0.25, -0.2) is 0 Å². The van der Waals surface area contributed by atoms with E-state index in [-0.39, 0.29) is 11.9 Å². The largest absolute Gasteiger partial charge is 0.428 e. The lowest BCUT2D eigenvalue weighted by Gasteiger charge is -2.21. The molecule has 1 unspecified atom stereocenters. The van der Waals surface area contributed by atoms with Crippen LogP contribution in [0.1, 0.15) is 52.4 Å². The minimum atomic E-state index is -0.500. The van der Waals surface area contributed by atoms with Crippen molar-refractivity contribution in [2.24, 2.45) is 11.8 Å². The monoisotopic (exact) mass is 445 g/mol. The van der Waals surface area contributed by atoms with Crippen molar-refractivity contribution < 1.29 is 14.3 Å². The first-order valence-corrected chi connectivity index (χ1v) is 11.7. The number of aromatic nitrogens is 3. The van der Waals surface area contributed by atoms with Gasteiger partial charge in [-0.1, -0.05) is 36.4 Å². The van der Waals surface area contributed by atoms with Crippen molar-refractivity contribution in [3.8, 4) is 0 Å². The second-order valence-electron chi connectivity index (χ2n) is 9.50. The topological polar surface area (TPSA) is 104 Å². The molecule has 2 saturated heterocycles. The van der Waals surface area contributed by atoms with Crippen LogP contribution in [0.5, 0.6) is 0 Å². The molecular formula is C25H27N5O3. The molecule has 0 radical (unpaired) electrons. The molecule has 8 nitrogen and oxygen atoms in total. The van der Waals surface area contributed by atoms with Gasteiger partial charge in [0.15, 0.2) is 0 Å². The standard InChI is InChI=1S/C25H27N5O3/c31-23(16-4-2-1-3-5-16)20-9-7-17(28-20)10-15-6-8-21(26-11-15)25(32)30-12-18-19(13-30)22(18)24-29-27-14-33-24/h1-6,8,11,14,17-20,22-23,28,31H,7,9-10,12-13H2/t17-,18-,19+,20+,22?,23+/m0/s1. The third kappa shape index (κ3) is 3.94. The fraction of sp³-hybridized carbons (Fsp3) is 0.440. The number of rotatable bonds is 6. The molecule has 3 aliphatic rings. The summed E-state index contributed by atoms with van der Waals surface area (Å²) in [6.07, 6.45) is 5.46. The summed E-state index contributed by atoms with van der Waals surface area (Å²) >= 11 is 0. The maximum atomic E-state index is 12.9. The van der Waals surface area contributed by atoms with Crippen LogP contribution in [-0.2, 0) is 6.42 Å². The molecule has 2 aromatic heterocycles. The van der Waals surface area contributed by atoms with Crippen LogP contribution in [0.25, 0.3) is 0 Å². The highest BCUT2D eigenvalue weighted by Gasteiger charge is 2.59. The lowest BCUT2D eigenvalue weighted by Crippen LogP contribution is -2.35. The Balaban J connectivity index is 1.02. The zero-order chi connectivity index (χ0) is 22.4. The number of pyridine rings is 1. The third-order valence-corrected chi connectivity index (χ3v) is 7.47. The van der Waals surface area contributed by atoms with Gasteiger partial charge in [0.25, 0.3) is 5.91 Å². The van der Waals surface area contributed by atoms with Gasteiger partial charge in [-0.3, -0.25) is 9.78 Å². The Hall–Kier alpha value is -3.10. The number of benzene rings is 1. The van der Waals surface area contributed by atoms with Crippen LogP contribution in [0.15, 0.2) is 59.5 Å². The summed E-state index contributed by atoms with van der Waals surface area (Å²) in [5, 5.41) is 22.0. The van der Waals surface area contributed by atoms with Crippen LogP contribution in [0.3, 0.4) is 0 Å². The molecule has 6 rings (SSSR count). The molecule has 3 fully saturated rings. The summed E-state index contributed by atoms with van der Waals surface area (Å²) in [5.74, 6) is 1.82. The van der Waals surface area contributed by atoms with Gasteiger partial charge in [-0.2, -0.15) is 0 Å². The number of likely N-dealkylation sites (tertiary alicyclic amines) is 1. The Morgan fingerprint density at radius 2 is 1.97 bits per heavy atom. The van der Waals surface area contributed by atoms with E-state index < -0.39 is 6.10 Å². The van der Waals surface area contributed by atoms with Crippen molar-refractivity contribution in [1.29, 1.82) is 0 Å². The molecule has 3 aromatic rings. The zero-order valence-electron chi connectivity index (χ0n) is 18.2. The lowest BCUT2D eigenvalue weighted by molar-refractivity contribution is 0.0765. The summed E-state index contributed by atoms with van der Waals surface area (Å²) in [7, 11) is 0. The van der Waals surface area contributed by atoms with Gasteiger partial charge in [-0.05, 0) is 48.3 Å². The van der Waals surface area contributed by atoms with Gasteiger partial charge in [-0.15, -0.1) is 10.2 Å². The predicted molar refractivity (Wildman–Crippen MR) is 119 cm³/mol. The SMILES string of the molecule is O=C(c1ccc(C[C@@H]2CC[C@H]([C@H](O)c3ccccc3)N2)cn1)N1C[C@@H]2C(c3nnco3)[C@@H]2C1. The Labute approximate surface area is 192 Å². The van der Waals surface area contributed by atoms with E-state index in [0.29, 0.717) is 35.4 Å². The van der Waals surface area contributed by atoms with E-state index in [1.165, 1.54) is 6.39 Å². The first kappa shape index (κ1) is 20.5. The van der Waals surface area contributed by atoms with E-state index in [2.05, 4.69) is 20.5 Å². The zero-order valence-corrected chi connectivity index (χ0v) is 18.2. The molecule has 1 saturated carbocycles. The maximum absolute atomic E-state index is 12.9. The van der Waals surface area contributed by atoms with Crippen LogP contribution in [-0.4, -0.2) is 56.3 Å². The molecule has 1 aliphatic carbocycles. The number of nitrogens with zero attached hydrogens (tertiary/aromatic N) is 4. The van der Waals surface area contributed by atoms with E-state index in [0.717, 1.165) is 43.5 Å². The molecule has 1 aromatic carbocycles. The van der Waals surface area contributed by atoms with E-state index >= 15 is 0 Å². The quantitative estimate of drug-likeness (QED) is 0.600. The van der Waals surface area contributed by atoms with E-state index in [1.54, 1.807) is 0 Å². The highest BCUT2D eigenvalue weighted by Crippen LogP contribution is 2.57. The van der Waals surface area contributed by atoms with Crippen molar-refractivity contribution in [1.82, 2.24) is 25.4 Å². The van der Waals surface area contributed by atoms with Gasteiger partial charge in [0.2, 0.25) is 12.3 Å². The second kappa shape index (κ2) is 8.35. The Morgan fingerprint density at radius 1 is 1.15 bits per heavy atom. The third-order valence-electron chi connectivity index (χ3n) is 7.47. The number of fused-ring (bicyclic) bond motifs is 1. The number of hydrogen-bond acceptors (Lipinski definition) is 7. The molecule has 2 N–H and O–H groups in total. The van der Waals surface area contributed by atoms with Gasteiger partial charge >= 0.3 is 0 Å². The van der Waals surface area contributed by atoms with Crippen LogP contribution in [0.2, 0.25) is 0 Å². The molecular weight excluding hydrogens is 418 g/mol. The first-order chi connectivity index (χ1) is 16.2. The molecule has 4 heterocycles. The summed E-state index contributed by atoms with van der Waals surface area (Å²) in [5.41, 5.74) is 2.54. The number of nitrogens with one attached hydrogen (secondary N) is 1. The number of hydrogen-bond donors (Lipinski definition) is 2. The van der Waals surface area contributed by atoms with E-state index in [4.69, 9.17) is 4.42 Å². The normalized spacial score (nSPS) is 29.1. The predicted octanol–water partition coefficient (Wildman–Crippen LogP) is 2.35. The van der Waals surface area contributed by atoms with E-state index in [1.807, 2.05) is 53.6 Å². The first-order valence-electron chi connectivity index (χ1n) is 11.7. The minimum Gasteiger partial charge on any atom is -0.428 e. The van der Waals surface area contributed by atoms with Gasteiger partial charge < -0.3 is 19.7 Å². The average molecular weight is 446 g/mol. The minimum absolute atomic E-state index is 0.0110. The molecule has 33 heavy (non-hydrogen) atoms. The van der Waals surface area contributed by atoms with Gasteiger partial charge in [0.05, 0.1) is 6.10 Å². The van der Waals surface area contributed by atoms with Crippen molar-refractivity contribution in [2.75, 3.05) is 13.1 Å². The molecule has 0 spiro atoms. The number of amides is 1. The highest BCUT2D eigenvalue weighted by atomic mass is 16.4. The maximum Gasteiger partial charge on any atom is 0.272 e. The summed E-state index contributed by atoms with van der Waals surface area (Å²) in [6, 6.07) is 14.0. The molecule has 1 amide bonds. The molecule has 0 bridgehead atoms. The van der Waals surface area contributed by atoms with Crippen LogP contribution in [0.4, 0.5) is 0 Å². The summed E-state index contributed by atoms with van der Waals surface area (Å²) < 4.78 is 5.33. The second-order valence-corrected chi connectivity index (χ2v) is 9.50. The van der Waals surface area contributed by atoms with Gasteiger partial charge in [0, 0.05) is 37.3 Å². The van der Waals surface area contributed by atoms with Gasteiger partial charge in [0.1, 0.15) is 5.69 Å². The Bertz CT molecular complexity index is 1090. The van der Waals surface area contributed by atoms with Crippen LogP contribution < -0.4 is 5.32 Å². The van der Waals surface area contributed by atoms with Crippen molar-refractivity contribution in [2.45, 2.75) is 43.4 Å². The fourth-order valence-electron chi connectivity index (χ4n) is 5.65. The number of aliphatic hydroxyl groups is 1. The number of carbonyl (C=O) groups is 1. The lowest BCUT2D eigenvalue weighted by atomic mass is 10.0. The van der Waals surface area contributed by atoms with E-state index in [9.17, 15) is 9.90 Å². The molecule has 8 heteroatoms. The van der Waals surface area contributed by atoms with Crippen molar-refractivity contribution >= 4 is 5.91 Å². The Kier molecular flexibility index (Phi) is 5.19. The molecule has 170 valence electrons. The smallest absolute Gasteiger partial charge is 0.272 e. The molecule has 2 aliphatic heterocycles. The molecule has 6 atom stereocenters. The highest BCUT2D eigenvalue weighted by molar-refractivity contribution is 5.92. The number of piperidine rings is 1. The van der Waals surface area contributed by atoms with Crippen LogP contribution >= 0.6 is 0 Å². The van der Waals surface area contributed by atoms with Crippen molar-refractivity contribution in [3.05, 3.63) is 77.8 Å². The average Bonchev–Trinajstić information content (AvgIpc) is 3.38. The van der Waals surface area contributed by atoms with Crippen LogP contribution in [0, 0.1) is 11.8 Å². The number of carbonyl (C=O) groups excluding carboxylic acids is 1. The fourth-order valence-corrected chi connectivity index (χ4v) is 5.65. The summed E-state index contributed by atoms with van der Waals surface area (Å²) in [6.45, 7) is 1.44. The summed E-state index contributed by atoms with van der Waals surface area (Å²) in [4.78, 5) is 19.2. The Morgan fingerprint density at radius 3 is 2.67 bits per heavy atom. The number of aliphatic hydroxyl groups excluding tert-OH is 1.